The van der Waals surface area contributed by atoms with Crippen LogP contribution < -0.4 is 5.32 Å². The van der Waals surface area contributed by atoms with Crippen molar-refractivity contribution in [3.8, 4) is 5.75 Å². The topological polar surface area (TPSA) is 69.6 Å². The van der Waals surface area contributed by atoms with E-state index in [0.717, 1.165) is 25.9 Å². The first-order valence-corrected chi connectivity index (χ1v) is 6.89. The van der Waals surface area contributed by atoms with Crippen molar-refractivity contribution in [1.82, 2.24) is 10.2 Å². The summed E-state index contributed by atoms with van der Waals surface area (Å²) in [5.74, 6) is 0.570. The second-order valence-corrected chi connectivity index (χ2v) is 5.21. The Bertz CT molecular complexity index is 476. The number of piperidine rings is 1. The van der Waals surface area contributed by atoms with Gasteiger partial charge in [0.25, 0.3) is 5.91 Å². The number of rotatable bonds is 3. The molecule has 0 unspecified atom stereocenters. The number of hydrogen-bond acceptors (Lipinski definition) is 3. The van der Waals surface area contributed by atoms with Gasteiger partial charge in [-0.3, -0.25) is 9.59 Å². The van der Waals surface area contributed by atoms with Gasteiger partial charge in [-0.1, -0.05) is 0 Å². The number of carbonyl (C=O) groups is 2. The molecule has 1 aromatic carbocycles. The van der Waals surface area contributed by atoms with Crippen LogP contribution in [0.25, 0.3) is 0 Å². The quantitative estimate of drug-likeness (QED) is 0.876. The Morgan fingerprint density at radius 3 is 2.40 bits per heavy atom. The predicted octanol–water partition coefficient (Wildman–Crippen LogP) is 1.38. The molecule has 0 spiro atoms. The molecule has 108 valence electrons. The van der Waals surface area contributed by atoms with E-state index in [1.165, 1.54) is 12.1 Å². The van der Waals surface area contributed by atoms with Gasteiger partial charge in [0.05, 0.1) is 0 Å². The molecule has 2 N–H and O–H groups in total. The maximum Gasteiger partial charge on any atom is 0.251 e. The van der Waals surface area contributed by atoms with Crippen molar-refractivity contribution in [3.63, 3.8) is 0 Å². The molecule has 20 heavy (non-hydrogen) atoms. The van der Waals surface area contributed by atoms with Crippen molar-refractivity contribution in [1.29, 1.82) is 0 Å². The molecule has 0 bridgehead atoms. The molecule has 1 heterocycles. The lowest BCUT2D eigenvalue weighted by Crippen LogP contribution is -2.40. The largest absolute Gasteiger partial charge is 0.508 e. The molecule has 1 saturated heterocycles. The molecule has 2 amide bonds. The number of phenols is 1. The van der Waals surface area contributed by atoms with Gasteiger partial charge in [-0.15, -0.1) is 0 Å². The number of carbonyl (C=O) groups excluding carboxylic acids is 2. The monoisotopic (exact) mass is 276 g/mol. The van der Waals surface area contributed by atoms with Crippen LogP contribution in [-0.2, 0) is 4.79 Å². The summed E-state index contributed by atoms with van der Waals surface area (Å²) >= 11 is 0. The van der Waals surface area contributed by atoms with E-state index < -0.39 is 0 Å². The van der Waals surface area contributed by atoms with E-state index >= 15 is 0 Å². The minimum absolute atomic E-state index is 0.122. The summed E-state index contributed by atoms with van der Waals surface area (Å²) in [4.78, 5) is 25.0. The van der Waals surface area contributed by atoms with E-state index in [0.29, 0.717) is 18.0 Å². The van der Waals surface area contributed by atoms with Crippen LogP contribution in [0.3, 0.4) is 0 Å². The molecule has 1 aliphatic rings. The van der Waals surface area contributed by atoms with E-state index in [9.17, 15) is 14.7 Å². The lowest BCUT2D eigenvalue weighted by molar-refractivity contribution is -0.130. The van der Waals surface area contributed by atoms with Crippen LogP contribution in [0.15, 0.2) is 24.3 Å². The van der Waals surface area contributed by atoms with E-state index in [1.54, 1.807) is 19.1 Å². The van der Waals surface area contributed by atoms with Crippen molar-refractivity contribution in [2.75, 3.05) is 19.6 Å². The summed E-state index contributed by atoms with van der Waals surface area (Å²) in [6.45, 7) is 3.77. The number of benzene rings is 1. The third kappa shape index (κ3) is 3.73. The van der Waals surface area contributed by atoms with Crippen molar-refractivity contribution in [2.24, 2.45) is 5.92 Å². The lowest BCUT2D eigenvalue weighted by Gasteiger charge is -2.31. The third-order valence-electron chi connectivity index (χ3n) is 3.74. The molecule has 0 aromatic heterocycles. The van der Waals surface area contributed by atoms with Crippen molar-refractivity contribution in [3.05, 3.63) is 29.8 Å². The van der Waals surface area contributed by atoms with Crippen molar-refractivity contribution in [2.45, 2.75) is 19.8 Å². The zero-order valence-electron chi connectivity index (χ0n) is 11.6. The molecule has 0 aliphatic carbocycles. The van der Waals surface area contributed by atoms with Crippen LogP contribution in [0, 0.1) is 5.92 Å². The minimum atomic E-state index is -0.126. The van der Waals surface area contributed by atoms with Crippen molar-refractivity contribution >= 4 is 11.8 Å². The van der Waals surface area contributed by atoms with Crippen LogP contribution in [0.2, 0.25) is 0 Å². The number of nitrogens with one attached hydrogen (secondary N) is 1. The van der Waals surface area contributed by atoms with Crippen LogP contribution in [-0.4, -0.2) is 41.5 Å². The fourth-order valence-electron chi connectivity index (χ4n) is 2.40. The zero-order valence-corrected chi connectivity index (χ0v) is 11.6. The van der Waals surface area contributed by atoms with Gasteiger partial charge in [0.1, 0.15) is 5.75 Å². The highest BCUT2D eigenvalue weighted by Gasteiger charge is 2.21. The first-order chi connectivity index (χ1) is 9.56. The van der Waals surface area contributed by atoms with Gasteiger partial charge in [-0.05, 0) is 43.0 Å². The standard InChI is InChI=1S/C15H20N2O3/c1-11(18)17-8-6-12(7-9-17)10-16-15(20)13-2-4-14(19)5-3-13/h2-5,12,19H,6-10H2,1H3,(H,16,20). The fourth-order valence-corrected chi connectivity index (χ4v) is 2.40. The number of hydrogen-bond donors (Lipinski definition) is 2. The van der Waals surface area contributed by atoms with Gasteiger partial charge in [0, 0.05) is 32.1 Å². The van der Waals surface area contributed by atoms with Gasteiger partial charge in [0.15, 0.2) is 0 Å². The molecular formula is C15H20N2O3. The molecule has 5 heteroatoms. The molecule has 1 fully saturated rings. The first-order valence-electron chi connectivity index (χ1n) is 6.89. The van der Waals surface area contributed by atoms with E-state index in [4.69, 9.17) is 0 Å². The average molecular weight is 276 g/mol. The normalized spacial score (nSPS) is 15.9. The molecule has 1 aromatic rings. The summed E-state index contributed by atoms with van der Waals surface area (Å²) in [5, 5.41) is 12.1. The molecule has 0 radical (unpaired) electrons. The lowest BCUT2D eigenvalue weighted by atomic mass is 9.96. The van der Waals surface area contributed by atoms with Crippen LogP contribution in [0.5, 0.6) is 5.75 Å². The minimum Gasteiger partial charge on any atom is -0.508 e. The van der Waals surface area contributed by atoms with E-state index in [2.05, 4.69) is 5.32 Å². The summed E-state index contributed by atoms with van der Waals surface area (Å²) in [7, 11) is 0. The Kier molecular flexibility index (Phi) is 4.61. The molecule has 5 nitrogen and oxygen atoms in total. The molecular weight excluding hydrogens is 256 g/mol. The second-order valence-electron chi connectivity index (χ2n) is 5.21. The molecule has 2 rings (SSSR count). The van der Waals surface area contributed by atoms with Gasteiger partial charge in [-0.25, -0.2) is 0 Å². The van der Waals surface area contributed by atoms with Gasteiger partial charge >= 0.3 is 0 Å². The first kappa shape index (κ1) is 14.4. The smallest absolute Gasteiger partial charge is 0.251 e. The number of aromatic hydroxyl groups is 1. The molecule has 1 aliphatic heterocycles. The number of phenolic OH excluding ortho intramolecular Hbond substituents is 1. The highest BCUT2D eigenvalue weighted by Crippen LogP contribution is 2.16. The Balaban J connectivity index is 1.77. The SMILES string of the molecule is CC(=O)N1CCC(CNC(=O)c2ccc(O)cc2)CC1. The maximum atomic E-state index is 11.9. The summed E-state index contributed by atoms with van der Waals surface area (Å²) in [6, 6.07) is 6.20. The Morgan fingerprint density at radius 2 is 1.85 bits per heavy atom. The highest BCUT2D eigenvalue weighted by atomic mass is 16.3. The van der Waals surface area contributed by atoms with E-state index in [1.807, 2.05) is 4.90 Å². The second kappa shape index (κ2) is 6.41. The Labute approximate surface area is 118 Å². The third-order valence-corrected chi connectivity index (χ3v) is 3.74. The molecule has 0 saturated carbocycles. The predicted molar refractivity (Wildman–Crippen MR) is 75.4 cm³/mol. The van der Waals surface area contributed by atoms with Crippen LogP contribution in [0.4, 0.5) is 0 Å². The summed E-state index contributed by atoms with van der Waals surface area (Å²) < 4.78 is 0. The Morgan fingerprint density at radius 1 is 1.25 bits per heavy atom. The number of nitrogens with zero attached hydrogens (tertiary/aromatic N) is 1. The summed E-state index contributed by atoms with van der Waals surface area (Å²) in [6.07, 6.45) is 1.85. The summed E-state index contributed by atoms with van der Waals surface area (Å²) in [5.41, 5.74) is 0.545. The fraction of sp³-hybridized carbons (Fsp3) is 0.467. The molecule has 0 atom stereocenters. The van der Waals surface area contributed by atoms with Gasteiger partial charge in [0.2, 0.25) is 5.91 Å². The van der Waals surface area contributed by atoms with Gasteiger partial charge < -0.3 is 15.3 Å². The number of amides is 2. The zero-order chi connectivity index (χ0) is 14.5. The van der Waals surface area contributed by atoms with Gasteiger partial charge in [-0.2, -0.15) is 0 Å². The maximum absolute atomic E-state index is 11.9. The van der Waals surface area contributed by atoms with E-state index in [-0.39, 0.29) is 17.6 Å². The van der Waals surface area contributed by atoms with Crippen molar-refractivity contribution < 1.29 is 14.7 Å². The Hall–Kier alpha value is -2.04. The van der Waals surface area contributed by atoms with Crippen LogP contribution in [0.1, 0.15) is 30.1 Å². The highest BCUT2D eigenvalue weighted by molar-refractivity contribution is 5.94. The average Bonchev–Trinajstić information content (AvgIpc) is 2.46. The van der Waals surface area contributed by atoms with Crippen LogP contribution >= 0.6 is 0 Å². The number of likely N-dealkylation sites (tertiary alicyclic amines) is 1.